The van der Waals surface area contributed by atoms with Crippen molar-refractivity contribution in [2.75, 3.05) is 5.75 Å². The SMILES string of the molecule is CC[C@H]1CC2C3CC[C@H]([C@H](C)CCCS(=O)(=O)O)[C@@]3(C)CCC2[C@@]2(C)CCCC[C@@H]12. The van der Waals surface area contributed by atoms with Gasteiger partial charge < -0.3 is 0 Å². The maximum Gasteiger partial charge on any atom is 0.264 e. The fraction of sp³-hybridized carbons (Fsp3) is 1.00. The molecule has 1 N–H and O–H groups in total. The Morgan fingerprint density at radius 2 is 1.70 bits per heavy atom. The molecule has 0 aromatic rings. The molecule has 0 amide bonds. The number of rotatable bonds is 6. The molecule has 4 aliphatic rings. The monoisotopic (exact) mass is 438 g/mol. The second-order valence-electron chi connectivity index (χ2n) is 12.3. The molecule has 174 valence electrons. The van der Waals surface area contributed by atoms with E-state index in [2.05, 4.69) is 27.7 Å². The molecule has 30 heavy (non-hydrogen) atoms. The van der Waals surface area contributed by atoms with E-state index in [1.165, 1.54) is 64.2 Å². The quantitative estimate of drug-likeness (QED) is 0.455. The van der Waals surface area contributed by atoms with E-state index in [1.54, 1.807) is 0 Å². The lowest BCUT2D eigenvalue weighted by Gasteiger charge is -2.63. The maximum atomic E-state index is 11.1. The Hall–Kier alpha value is -0.0900. The zero-order valence-electron chi connectivity index (χ0n) is 19.9. The van der Waals surface area contributed by atoms with Gasteiger partial charge in [-0.1, -0.05) is 47.0 Å². The number of hydrogen-bond donors (Lipinski definition) is 1. The van der Waals surface area contributed by atoms with E-state index in [9.17, 15) is 8.42 Å². The van der Waals surface area contributed by atoms with Gasteiger partial charge in [-0.05, 0) is 110 Å². The van der Waals surface area contributed by atoms with Gasteiger partial charge in [-0.15, -0.1) is 0 Å². The van der Waals surface area contributed by atoms with Crippen LogP contribution >= 0.6 is 0 Å². The van der Waals surface area contributed by atoms with Crippen LogP contribution in [-0.2, 0) is 10.1 Å². The third kappa shape index (κ3) is 3.91. The average molecular weight is 439 g/mol. The highest BCUT2D eigenvalue weighted by atomic mass is 32.2. The van der Waals surface area contributed by atoms with E-state index in [1.807, 2.05) is 0 Å². The molecule has 0 aromatic heterocycles. The normalized spacial score (nSPS) is 47.2. The minimum absolute atomic E-state index is 0.0766. The van der Waals surface area contributed by atoms with E-state index in [0.29, 0.717) is 23.2 Å². The van der Waals surface area contributed by atoms with E-state index in [-0.39, 0.29) is 5.75 Å². The van der Waals surface area contributed by atoms with Gasteiger partial charge in [0.05, 0.1) is 5.75 Å². The molecule has 0 bridgehead atoms. The van der Waals surface area contributed by atoms with Gasteiger partial charge in [-0.25, -0.2) is 0 Å². The maximum absolute atomic E-state index is 11.1. The summed E-state index contributed by atoms with van der Waals surface area (Å²) in [6.45, 7) is 10.1. The van der Waals surface area contributed by atoms with Crippen LogP contribution in [0.1, 0.15) is 105 Å². The Labute approximate surface area is 185 Å². The molecule has 0 radical (unpaired) electrons. The van der Waals surface area contributed by atoms with E-state index in [0.717, 1.165) is 41.9 Å². The zero-order valence-corrected chi connectivity index (χ0v) is 20.7. The second kappa shape index (κ2) is 8.36. The lowest BCUT2D eigenvalue weighted by molar-refractivity contribution is -0.138. The van der Waals surface area contributed by atoms with E-state index >= 15 is 0 Å². The molecule has 0 aromatic carbocycles. The Morgan fingerprint density at radius 1 is 0.967 bits per heavy atom. The molecule has 0 spiro atoms. The lowest BCUT2D eigenvalue weighted by Crippen LogP contribution is -2.55. The fourth-order valence-corrected chi connectivity index (χ4v) is 10.3. The van der Waals surface area contributed by atoms with Crippen molar-refractivity contribution in [3.05, 3.63) is 0 Å². The lowest BCUT2D eigenvalue weighted by atomic mass is 9.42. The summed E-state index contributed by atoms with van der Waals surface area (Å²) in [5.41, 5.74) is 1.02. The molecule has 4 aliphatic carbocycles. The van der Waals surface area contributed by atoms with Crippen molar-refractivity contribution in [2.45, 2.75) is 105 Å². The number of hydrogen-bond acceptors (Lipinski definition) is 2. The summed E-state index contributed by atoms with van der Waals surface area (Å²) in [7, 11) is -3.82. The van der Waals surface area contributed by atoms with Gasteiger partial charge in [0.2, 0.25) is 0 Å². The van der Waals surface area contributed by atoms with Crippen LogP contribution in [0.2, 0.25) is 0 Å². The molecule has 3 nitrogen and oxygen atoms in total. The summed E-state index contributed by atoms with van der Waals surface area (Å²) in [6.07, 6.45) is 15.7. The van der Waals surface area contributed by atoms with Crippen molar-refractivity contribution in [1.29, 1.82) is 0 Å². The molecule has 0 saturated heterocycles. The molecule has 4 fully saturated rings. The molecular formula is C26H46O3S. The Morgan fingerprint density at radius 3 is 2.40 bits per heavy atom. The molecule has 4 saturated carbocycles. The van der Waals surface area contributed by atoms with Crippen molar-refractivity contribution >= 4 is 10.1 Å². The van der Waals surface area contributed by atoms with Gasteiger partial charge in [0, 0.05) is 0 Å². The predicted octanol–water partition coefficient (Wildman–Crippen LogP) is 6.98. The summed E-state index contributed by atoms with van der Waals surface area (Å²) in [5.74, 6) is 5.85. The molecule has 0 aliphatic heterocycles. The summed E-state index contributed by atoms with van der Waals surface area (Å²) in [4.78, 5) is 0. The molecular weight excluding hydrogens is 392 g/mol. The molecule has 4 heteroatoms. The van der Waals surface area contributed by atoms with E-state index < -0.39 is 10.1 Å². The van der Waals surface area contributed by atoms with Crippen molar-refractivity contribution in [3.63, 3.8) is 0 Å². The van der Waals surface area contributed by atoms with Crippen LogP contribution in [0.15, 0.2) is 0 Å². The van der Waals surface area contributed by atoms with Gasteiger partial charge in [-0.3, -0.25) is 4.55 Å². The van der Waals surface area contributed by atoms with Crippen molar-refractivity contribution in [2.24, 2.45) is 52.3 Å². The first kappa shape index (κ1) is 23.1. The van der Waals surface area contributed by atoms with E-state index in [4.69, 9.17) is 4.55 Å². The van der Waals surface area contributed by atoms with Crippen molar-refractivity contribution in [3.8, 4) is 0 Å². The summed E-state index contributed by atoms with van der Waals surface area (Å²) in [5, 5.41) is 0. The molecule has 0 heterocycles. The fourth-order valence-electron chi connectivity index (χ4n) is 9.78. The highest BCUT2D eigenvalue weighted by Gasteiger charge is 2.61. The first-order valence-corrected chi connectivity index (χ1v) is 14.7. The molecule has 3 unspecified atom stereocenters. The predicted molar refractivity (Wildman–Crippen MR) is 124 cm³/mol. The highest BCUT2D eigenvalue weighted by molar-refractivity contribution is 7.85. The van der Waals surface area contributed by atoms with Crippen molar-refractivity contribution in [1.82, 2.24) is 0 Å². The molecule has 9 atom stereocenters. The zero-order chi connectivity index (χ0) is 21.7. The smallest absolute Gasteiger partial charge is 0.264 e. The Balaban J connectivity index is 1.51. The third-order valence-electron chi connectivity index (χ3n) is 11.1. The largest absolute Gasteiger partial charge is 0.286 e. The standard InChI is InChI=1S/C26H46O3S/c1-5-19-17-20-23-12-11-21(18(2)9-8-16-30(27,28)29)26(23,4)15-13-24(20)25(3)14-7-6-10-22(19)25/h18-24H,5-17H2,1-4H3,(H,27,28,29)/t18-,19+,20?,21-,22+,23?,24?,25+,26-/m1/s1. The first-order valence-electron chi connectivity index (χ1n) is 13.1. The van der Waals surface area contributed by atoms with Crippen LogP contribution in [0, 0.1) is 52.3 Å². The summed E-state index contributed by atoms with van der Waals surface area (Å²) >= 11 is 0. The average Bonchev–Trinajstić information content (AvgIpc) is 3.03. The van der Waals surface area contributed by atoms with Gasteiger partial charge >= 0.3 is 0 Å². The first-order chi connectivity index (χ1) is 14.1. The van der Waals surface area contributed by atoms with Crippen LogP contribution in [0.25, 0.3) is 0 Å². The van der Waals surface area contributed by atoms with Crippen LogP contribution in [0.5, 0.6) is 0 Å². The van der Waals surface area contributed by atoms with Gasteiger partial charge in [0.25, 0.3) is 10.1 Å². The summed E-state index contributed by atoms with van der Waals surface area (Å²) in [6, 6.07) is 0. The van der Waals surface area contributed by atoms with Crippen molar-refractivity contribution < 1.29 is 13.0 Å². The minimum atomic E-state index is -3.82. The topological polar surface area (TPSA) is 54.4 Å². The minimum Gasteiger partial charge on any atom is -0.286 e. The van der Waals surface area contributed by atoms with Crippen LogP contribution in [0.4, 0.5) is 0 Å². The third-order valence-corrected chi connectivity index (χ3v) is 11.9. The van der Waals surface area contributed by atoms with Gasteiger partial charge in [0.15, 0.2) is 0 Å². The molecule has 4 rings (SSSR count). The number of fused-ring (bicyclic) bond motifs is 5. The Kier molecular flexibility index (Phi) is 6.43. The van der Waals surface area contributed by atoms with Gasteiger partial charge in [-0.2, -0.15) is 8.42 Å². The van der Waals surface area contributed by atoms with Gasteiger partial charge in [0.1, 0.15) is 0 Å². The van der Waals surface area contributed by atoms with Crippen LogP contribution in [-0.4, -0.2) is 18.7 Å². The van der Waals surface area contributed by atoms with Crippen LogP contribution in [0.3, 0.4) is 0 Å². The highest BCUT2D eigenvalue weighted by Crippen LogP contribution is 2.69. The second-order valence-corrected chi connectivity index (χ2v) is 13.8. The Bertz CT molecular complexity index is 718. The van der Waals surface area contributed by atoms with Crippen LogP contribution < -0.4 is 0 Å². The summed E-state index contributed by atoms with van der Waals surface area (Å²) < 4.78 is 31.4.